The number of nitro groups is 1. The Morgan fingerprint density at radius 2 is 2.25 bits per heavy atom. The van der Waals surface area contributed by atoms with Crippen LogP contribution >= 0.6 is 22.9 Å². The second-order valence-electron chi connectivity index (χ2n) is 4.89. The zero-order valence-electron chi connectivity index (χ0n) is 12.5. The van der Waals surface area contributed by atoms with E-state index in [1.54, 1.807) is 6.07 Å². The molecule has 0 fully saturated rings. The minimum absolute atomic E-state index is 0.0442. The first-order valence-electron chi connectivity index (χ1n) is 6.98. The molecule has 0 saturated carbocycles. The minimum Gasteiger partial charge on any atom is -0.267 e. The molecule has 2 heterocycles. The standard InChI is InChI=1S/C15H11ClN4O3S/c1-2-10-6-11-14(24-10)17-8-19(15(11)21)18-7-9-3-4-12(16)13(5-9)20(22)23/h3-8H,2H2,1H3/b18-7-. The van der Waals surface area contributed by atoms with Crippen molar-refractivity contribution < 1.29 is 4.92 Å². The predicted molar refractivity (Wildman–Crippen MR) is 94.4 cm³/mol. The molecular formula is C15H11ClN4O3S. The number of nitrogens with zero attached hydrogens (tertiary/aromatic N) is 4. The van der Waals surface area contributed by atoms with Crippen molar-refractivity contribution >= 4 is 45.1 Å². The van der Waals surface area contributed by atoms with Gasteiger partial charge >= 0.3 is 0 Å². The molecule has 3 aromatic rings. The molecule has 0 atom stereocenters. The first-order valence-corrected chi connectivity index (χ1v) is 8.17. The van der Waals surface area contributed by atoms with E-state index in [1.165, 1.54) is 36.0 Å². The highest BCUT2D eigenvalue weighted by molar-refractivity contribution is 7.18. The van der Waals surface area contributed by atoms with E-state index < -0.39 is 4.92 Å². The van der Waals surface area contributed by atoms with Crippen LogP contribution in [0.4, 0.5) is 5.69 Å². The molecule has 0 bridgehead atoms. The maximum atomic E-state index is 12.4. The monoisotopic (exact) mass is 362 g/mol. The van der Waals surface area contributed by atoms with Gasteiger partial charge in [-0.05, 0) is 18.6 Å². The number of aryl methyl sites for hydroxylation is 1. The molecule has 0 radical (unpaired) electrons. The summed E-state index contributed by atoms with van der Waals surface area (Å²) in [4.78, 5) is 28.7. The lowest BCUT2D eigenvalue weighted by molar-refractivity contribution is -0.384. The summed E-state index contributed by atoms with van der Waals surface area (Å²) in [5, 5.41) is 15.5. The van der Waals surface area contributed by atoms with Gasteiger partial charge in [0, 0.05) is 16.5 Å². The summed E-state index contributed by atoms with van der Waals surface area (Å²) in [5.74, 6) is 0. The summed E-state index contributed by atoms with van der Waals surface area (Å²) in [6, 6.07) is 6.10. The number of aromatic nitrogens is 2. The zero-order chi connectivity index (χ0) is 17.3. The zero-order valence-corrected chi connectivity index (χ0v) is 14.0. The van der Waals surface area contributed by atoms with Gasteiger partial charge in [0.05, 0.1) is 16.5 Å². The smallest absolute Gasteiger partial charge is 0.267 e. The highest BCUT2D eigenvalue weighted by Gasteiger charge is 2.12. The van der Waals surface area contributed by atoms with Crippen LogP contribution in [0.1, 0.15) is 17.4 Å². The van der Waals surface area contributed by atoms with Crippen molar-refractivity contribution in [1.29, 1.82) is 0 Å². The fraction of sp³-hybridized carbons (Fsp3) is 0.133. The highest BCUT2D eigenvalue weighted by atomic mass is 35.5. The number of hydrogen-bond donors (Lipinski definition) is 0. The number of rotatable bonds is 4. The van der Waals surface area contributed by atoms with Crippen molar-refractivity contribution in [3.63, 3.8) is 0 Å². The van der Waals surface area contributed by atoms with Crippen LogP contribution in [0.5, 0.6) is 0 Å². The normalized spacial score (nSPS) is 11.4. The third kappa shape index (κ3) is 3.06. The molecule has 0 amide bonds. The fourth-order valence-electron chi connectivity index (χ4n) is 2.10. The molecule has 24 heavy (non-hydrogen) atoms. The van der Waals surface area contributed by atoms with Gasteiger partial charge in [-0.1, -0.05) is 24.6 Å². The molecule has 3 rings (SSSR count). The summed E-state index contributed by atoms with van der Waals surface area (Å²) in [6.07, 6.45) is 3.52. The van der Waals surface area contributed by atoms with Crippen LogP contribution < -0.4 is 5.56 Å². The van der Waals surface area contributed by atoms with Crippen molar-refractivity contribution in [3.8, 4) is 0 Å². The Morgan fingerprint density at radius 1 is 1.46 bits per heavy atom. The summed E-state index contributed by atoms with van der Waals surface area (Å²) >= 11 is 7.24. The molecule has 2 aromatic heterocycles. The molecule has 0 aliphatic carbocycles. The predicted octanol–water partition coefficient (Wildman–Crippen LogP) is 3.46. The molecule has 9 heteroatoms. The van der Waals surface area contributed by atoms with E-state index in [2.05, 4.69) is 10.1 Å². The maximum Gasteiger partial charge on any atom is 0.288 e. The third-order valence-electron chi connectivity index (χ3n) is 3.33. The van der Waals surface area contributed by atoms with E-state index in [0.29, 0.717) is 15.8 Å². The minimum atomic E-state index is -0.572. The van der Waals surface area contributed by atoms with Gasteiger partial charge in [0.15, 0.2) is 0 Å². The largest absolute Gasteiger partial charge is 0.288 e. The lowest BCUT2D eigenvalue weighted by atomic mass is 10.2. The topological polar surface area (TPSA) is 90.4 Å². The van der Waals surface area contributed by atoms with Crippen LogP contribution in [0, 0.1) is 10.1 Å². The fourth-order valence-corrected chi connectivity index (χ4v) is 3.21. The van der Waals surface area contributed by atoms with Crippen molar-refractivity contribution in [2.24, 2.45) is 5.10 Å². The van der Waals surface area contributed by atoms with Gasteiger partial charge in [-0.2, -0.15) is 9.78 Å². The number of thiophene rings is 1. The van der Waals surface area contributed by atoms with E-state index >= 15 is 0 Å². The number of benzene rings is 1. The van der Waals surface area contributed by atoms with Crippen molar-refractivity contribution in [3.05, 3.63) is 66.5 Å². The quantitative estimate of drug-likeness (QED) is 0.403. The summed E-state index contributed by atoms with van der Waals surface area (Å²) < 4.78 is 1.11. The molecule has 0 spiro atoms. The van der Waals surface area contributed by atoms with Crippen LogP contribution in [0.3, 0.4) is 0 Å². The van der Waals surface area contributed by atoms with E-state index in [1.807, 2.05) is 13.0 Å². The Bertz CT molecular complexity index is 1030. The Labute approximate surface area is 145 Å². The van der Waals surface area contributed by atoms with Gasteiger partial charge in [0.25, 0.3) is 11.2 Å². The van der Waals surface area contributed by atoms with Crippen LogP contribution in [0.15, 0.2) is 40.5 Å². The van der Waals surface area contributed by atoms with Gasteiger partial charge in [-0.15, -0.1) is 11.3 Å². The van der Waals surface area contributed by atoms with Crippen molar-refractivity contribution in [2.75, 3.05) is 0 Å². The van der Waals surface area contributed by atoms with Gasteiger partial charge in [0.1, 0.15) is 16.2 Å². The molecule has 0 saturated heterocycles. The SMILES string of the molecule is CCc1cc2c(=O)n(/N=C\c3ccc(Cl)c([N+](=O)[O-])c3)cnc2s1. The van der Waals surface area contributed by atoms with Gasteiger partial charge < -0.3 is 0 Å². The van der Waals surface area contributed by atoms with E-state index in [4.69, 9.17) is 11.6 Å². The summed E-state index contributed by atoms with van der Waals surface area (Å²) in [5.41, 5.74) is -0.0414. The summed E-state index contributed by atoms with van der Waals surface area (Å²) in [7, 11) is 0. The van der Waals surface area contributed by atoms with E-state index in [9.17, 15) is 14.9 Å². The van der Waals surface area contributed by atoms with E-state index in [-0.39, 0.29) is 16.3 Å². The Morgan fingerprint density at radius 3 is 2.96 bits per heavy atom. The lowest BCUT2D eigenvalue weighted by Crippen LogP contribution is -2.16. The number of fused-ring (bicyclic) bond motifs is 1. The number of halogens is 1. The average Bonchev–Trinajstić information content (AvgIpc) is 2.99. The first kappa shape index (κ1) is 16.3. The van der Waals surface area contributed by atoms with Gasteiger partial charge in [0.2, 0.25) is 0 Å². The Kier molecular flexibility index (Phi) is 4.41. The first-order chi connectivity index (χ1) is 11.5. The lowest BCUT2D eigenvalue weighted by Gasteiger charge is -1.99. The average molecular weight is 363 g/mol. The third-order valence-corrected chi connectivity index (χ3v) is 4.84. The highest BCUT2D eigenvalue weighted by Crippen LogP contribution is 2.24. The van der Waals surface area contributed by atoms with E-state index in [0.717, 1.165) is 16.0 Å². The Balaban J connectivity index is 1.99. The number of hydrogen-bond acceptors (Lipinski definition) is 6. The van der Waals surface area contributed by atoms with Crippen LogP contribution in [0.25, 0.3) is 10.2 Å². The molecular weight excluding hydrogens is 352 g/mol. The number of nitro benzene ring substituents is 1. The van der Waals surface area contributed by atoms with Crippen molar-refractivity contribution in [1.82, 2.24) is 9.66 Å². The Hall–Kier alpha value is -2.58. The van der Waals surface area contributed by atoms with Crippen LogP contribution in [0.2, 0.25) is 5.02 Å². The van der Waals surface area contributed by atoms with Crippen LogP contribution in [-0.2, 0) is 6.42 Å². The molecule has 0 aliphatic heterocycles. The molecule has 0 N–H and O–H groups in total. The molecule has 122 valence electrons. The second-order valence-corrected chi connectivity index (χ2v) is 6.41. The second kappa shape index (κ2) is 6.50. The van der Waals surface area contributed by atoms with Crippen LogP contribution in [-0.4, -0.2) is 20.8 Å². The molecule has 0 aliphatic rings. The maximum absolute atomic E-state index is 12.4. The van der Waals surface area contributed by atoms with Gasteiger partial charge in [-0.3, -0.25) is 14.9 Å². The van der Waals surface area contributed by atoms with Gasteiger partial charge in [-0.25, -0.2) is 4.98 Å². The summed E-state index contributed by atoms with van der Waals surface area (Å²) in [6.45, 7) is 2.01. The van der Waals surface area contributed by atoms with Crippen molar-refractivity contribution in [2.45, 2.75) is 13.3 Å². The molecule has 7 nitrogen and oxygen atoms in total. The molecule has 0 unspecified atom stereocenters. The molecule has 1 aromatic carbocycles.